The maximum Gasteiger partial charge on any atom is 0.128 e. The minimum atomic E-state index is -0.644. The lowest BCUT2D eigenvalue weighted by molar-refractivity contribution is 0.124. The third-order valence-corrected chi connectivity index (χ3v) is 4.38. The number of anilines is 1. The van der Waals surface area contributed by atoms with E-state index < -0.39 is 6.17 Å². The van der Waals surface area contributed by atoms with Gasteiger partial charge in [-0.1, -0.05) is 0 Å². The number of halogens is 1. The van der Waals surface area contributed by atoms with Crippen LogP contribution in [0.3, 0.4) is 0 Å². The van der Waals surface area contributed by atoms with Crippen molar-refractivity contribution in [2.75, 3.05) is 31.1 Å². The molecule has 4 nitrogen and oxygen atoms in total. The van der Waals surface area contributed by atoms with Gasteiger partial charge in [-0.15, -0.1) is 0 Å². The summed E-state index contributed by atoms with van der Waals surface area (Å²) in [6.45, 7) is 3.55. The lowest BCUT2D eigenvalue weighted by Gasteiger charge is -2.39. The fourth-order valence-electron chi connectivity index (χ4n) is 3.23. The van der Waals surface area contributed by atoms with Crippen LogP contribution in [0.2, 0.25) is 0 Å². The first-order valence-corrected chi connectivity index (χ1v) is 7.27. The number of rotatable bonds is 2. The molecule has 106 valence electrons. The van der Waals surface area contributed by atoms with Gasteiger partial charge in [0.1, 0.15) is 18.1 Å². The van der Waals surface area contributed by atoms with Crippen LogP contribution in [-0.4, -0.2) is 48.3 Å². The highest BCUT2D eigenvalue weighted by Crippen LogP contribution is 2.28. The molecule has 2 fully saturated rings. The molecule has 20 heavy (non-hydrogen) atoms. The van der Waals surface area contributed by atoms with Gasteiger partial charge >= 0.3 is 0 Å². The van der Waals surface area contributed by atoms with Gasteiger partial charge in [0.05, 0.1) is 5.56 Å². The summed E-state index contributed by atoms with van der Waals surface area (Å²) in [5.41, 5.74) is 0.582. The summed E-state index contributed by atoms with van der Waals surface area (Å²) in [5, 5.41) is 8.77. The van der Waals surface area contributed by atoms with Crippen LogP contribution in [0.15, 0.2) is 18.3 Å². The summed E-state index contributed by atoms with van der Waals surface area (Å²) in [4.78, 5) is 8.82. The lowest BCUT2D eigenvalue weighted by Crippen LogP contribution is -2.52. The van der Waals surface area contributed by atoms with E-state index in [4.69, 9.17) is 5.26 Å². The predicted octanol–water partition coefficient (Wildman–Crippen LogP) is 1.97. The number of alkyl halides is 1. The number of piperazine rings is 1. The lowest BCUT2D eigenvalue weighted by atomic mass is 10.1. The van der Waals surface area contributed by atoms with Gasteiger partial charge in [0.25, 0.3) is 0 Å². The zero-order valence-corrected chi connectivity index (χ0v) is 11.5. The Bertz CT molecular complexity index is 488. The van der Waals surface area contributed by atoms with Crippen LogP contribution >= 0.6 is 0 Å². The van der Waals surface area contributed by atoms with Gasteiger partial charge in [-0.3, -0.25) is 4.90 Å². The quantitative estimate of drug-likeness (QED) is 0.827. The minimum Gasteiger partial charge on any atom is -0.354 e. The van der Waals surface area contributed by atoms with Gasteiger partial charge in [0.15, 0.2) is 0 Å². The maximum atomic E-state index is 13.8. The first-order valence-electron chi connectivity index (χ1n) is 7.27. The number of hydrogen-bond donors (Lipinski definition) is 0. The number of pyridine rings is 1. The molecule has 1 aliphatic carbocycles. The smallest absolute Gasteiger partial charge is 0.128 e. The van der Waals surface area contributed by atoms with Crippen LogP contribution in [0.25, 0.3) is 0 Å². The van der Waals surface area contributed by atoms with E-state index >= 15 is 0 Å². The molecule has 1 saturated carbocycles. The van der Waals surface area contributed by atoms with E-state index in [1.54, 1.807) is 12.3 Å². The third-order valence-electron chi connectivity index (χ3n) is 4.38. The summed E-state index contributed by atoms with van der Waals surface area (Å²) < 4.78 is 13.8. The van der Waals surface area contributed by atoms with Gasteiger partial charge in [-0.05, 0) is 31.4 Å². The Kier molecular flexibility index (Phi) is 3.83. The summed E-state index contributed by atoms with van der Waals surface area (Å²) in [7, 11) is 0. The van der Waals surface area contributed by atoms with Crippen molar-refractivity contribution in [3.63, 3.8) is 0 Å². The van der Waals surface area contributed by atoms with E-state index in [9.17, 15) is 4.39 Å². The molecule has 2 aliphatic rings. The highest BCUT2D eigenvalue weighted by Gasteiger charge is 2.33. The van der Waals surface area contributed by atoms with Gasteiger partial charge in [-0.2, -0.15) is 5.26 Å². The molecule has 0 amide bonds. The Morgan fingerprint density at radius 2 is 2.00 bits per heavy atom. The Labute approximate surface area is 118 Å². The fraction of sp³-hybridized carbons (Fsp3) is 0.600. The molecular formula is C15H19FN4. The molecule has 0 unspecified atom stereocenters. The number of hydrogen-bond acceptors (Lipinski definition) is 4. The van der Waals surface area contributed by atoms with Crippen LogP contribution < -0.4 is 4.90 Å². The number of nitriles is 1. The average Bonchev–Trinajstić information content (AvgIpc) is 2.94. The third kappa shape index (κ3) is 2.61. The minimum absolute atomic E-state index is 0.131. The van der Waals surface area contributed by atoms with Crippen molar-refractivity contribution in [2.24, 2.45) is 0 Å². The fourth-order valence-corrected chi connectivity index (χ4v) is 3.23. The van der Waals surface area contributed by atoms with Crippen molar-refractivity contribution in [1.29, 1.82) is 5.26 Å². The molecule has 0 radical (unpaired) electrons. The molecule has 1 saturated heterocycles. The molecule has 0 bridgehead atoms. The highest BCUT2D eigenvalue weighted by molar-refractivity contribution is 5.42. The molecule has 0 N–H and O–H groups in total. The van der Waals surface area contributed by atoms with E-state index in [1.807, 2.05) is 6.07 Å². The predicted molar refractivity (Wildman–Crippen MR) is 75.3 cm³/mol. The first-order chi connectivity index (χ1) is 9.78. The molecule has 1 aliphatic heterocycles. The van der Waals surface area contributed by atoms with Gasteiger partial charge < -0.3 is 4.90 Å². The van der Waals surface area contributed by atoms with Crippen molar-refractivity contribution >= 4 is 5.82 Å². The topological polar surface area (TPSA) is 43.2 Å². The van der Waals surface area contributed by atoms with Crippen LogP contribution in [-0.2, 0) is 0 Å². The maximum absolute atomic E-state index is 13.8. The molecular weight excluding hydrogens is 255 g/mol. The van der Waals surface area contributed by atoms with E-state index in [2.05, 4.69) is 20.9 Å². The van der Waals surface area contributed by atoms with Crippen LogP contribution in [0.5, 0.6) is 0 Å². The summed E-state index contributed by atoms with van der Waals surface area (Å²) >= 11 is 0. The van der Waals surface area contributed by atoms with Crippen LogP contribution in [0.4, 0.5) is 10.2 Å². The second kappa shape index (κ2) is 5.76. The van der Waals surface area contributed by atoms with E-state index in [0.717, 1.165) is 51.3 Å². The van der Waals surface area contributed by atoms with Crippen molar-refractivity contribution in [2.45, 2.75) is 31.5 Å². The Hall–Kier alpha value is -1.67. The second-order valence-electron chi connectivity index (χ2n) is 5.55. The zero-order chi connectivity index (χ0) is 13.9. The summed E-state index contributed by atoms with van der Waals surface area (Å²) in [6.07, 6.45) is 3.70. The second-order valence-corrected chi connectivity index (χ2v) is 5.55. The van der Waals surface area contributed by atoms with Gasteiger partial charge in [0.2, 0.25) is 0 Å². The van der Waals surface area contributed by atoms with Gasteiger partial charge in [0, 0.05) is 38.4 Å². The Morgan fingerprint density at radius 3 is 2.55 bits per heavy atom. The molecule has 2 atom stereocenters. The molecule has 0 aromatic carbocycles. The molecule has 1 aromatic heterocycles. The summed E-state index contributed by atoms with van der Waals surface area (Å²) in [6, 6.07) is 5.89. The van der Waals surface area contributed by atoms with Crippen molar-refractivity contribution in [1.82, 2.24) is 9.88 Å². The van der Waals surface area contributed by atoms with E-state index in [1.165, 1.54) is 0 Å². The van der Waals surface area contributed by atoms with Gasteiger partial charge in [-0.25, -0.2) is 9.37 Å². The largest absolute Gasteiger partial charge is 0.354 e. The molecule has 3 rings (SSSR count). The van der Waals surface area contributed by atoms with Crippen molar-refractivity contribution < 1.29 is 4.39 Å². The van der Waals surface area contributed by atoms with Crippen LogP contribution in [0.1, 0.15) is 24.8 Å². The SMILES string of the molecule is N#Cc1ccc(N2CCN([C@@H]3CCC[C@H]3F)CC2)nc1. The van der Waals surface area contributed by atoms with Crippen molar-refractivity contribution in [3.8, 4) is 6.07 Å². The standard InChI is InChI=1S/C15H19FN4/c16-13-2-1-3-14(13)19-6-8-20(9-7-19)15-5-4-12(10-17)11-18-15/h4-5,11,13-14H,1-3,6-9H2/t13-,14-/m1/s1. The molecule has 2 heterocycles. The zero-order valence-electron chi connectivity index (χ0n) is 11.5. The molecule has 0 spiro atoms. The average molecular weight is 274 g/mol. The van der Waals surface area contributed by atoms with Crippen LogP contribution in [0, 0.1) is 11.3 Å². The monoisotopic (exact) mass is 274 g/mol. The summed E-state index contributed by atoms with van der Waals surface area (Å²) in [5.74, 6) is 0.909. The molecule has 1 aromatic rings. The highest BCUT2D eigenvalue weighted by atomic mass is 19.1. The first kappa shape index (κ1) is 13.3. The number of aromatic nitrogens is 1. The van der Waals surface area contributed by atoms with E-state index in [-0.39, 0.29) is 6.04 Å². The normalized spacial score (nSPS) is 27.5. The number of nitrogens with zero attached hydrogens (tertiary/aromatic N) is 4. The van der Waals surface area contributed by atoms with E-state index in [0.29, 0.717) is 5.56 Å². The van der Waals surface area contributed by atoms with Crippen molar-refractivity contribution in [3.05, 3.63) is 23.9 Å². The Morgan fingerprint density at radius 1 is 1.20 bits per heavy atom. The molecule has 5 heteroatoms. The Balaban J connectivity index is 1.59.